The smallest absolute Gasteiger partial charge is 0.193 e. The first-order chi connectivity index (χ1) is 12.0. The number of aromatic nitrogens is 1. The molecule has 2 rings (SSSR count). The van der Waals surface area contributed by atoms with Crippen molar-refractivity contribution in [2.75, 3.05) is 46.2 Å². The van der Waals surface area contributed by atoms with Gasteiger partial charge < -0.3 is 19.9 Å². The molecule has 1 heterocycles. The van der Waals surface area contributed by atoms with E-state index in [4.69, 9.17) is 4.74 Å². The quantitative estimate of drug-likeness (QED) is 0.368. The van der Waals surface area contributed by atoms with Gasteiger partial charge in [0.15, 0.2) is 11.1 Å². The van der Waals surface area contributed by atoms with Crippen LogP contribution in [-0.4, -0.2) is 57.2 Å². The topological polar surface area (TPSA) is 53.0 Å². The number of hydrogen-bond donors (Lipinski definition) is 1. The van der Waals surface area contributed by atoms with Gasteiger partial charge in [-0.3, -0.25) is 4.99 Å². The van der Waals surface area contributed by atoms with E-state index >= 15 is 0 Å². The third-order valence-electron chi connectivity index (χ3n) is 3.64. The second-order valence-corrected chi connectivity index (χ2v) is 6.84. The fourth-order valence-corrected chi connectivity index (χ4v) is 2.94. The normalized spacial score (nSPS) is 10.9. The molecule has 0 radical (unpaired) electrons. The summed E-state index contributed by atoms with van der Waals surface area (Å²) in [4.78, 5) is 13.0. The number of nitrogens with one attached hydrogen (secondary N) is 1. The summed E-state index contributed by atoms with van der Waals surface area (Å²) in [5.41, 5.74) is 2.24. The molecule has 0 aliphatic rings. The van der Waals surface area contributed by atoms with E-state index in [0.717, 1.165) is 29.1 Å². The number of halogens is 1. The van der Waals surface area contributed by atoms with Crippen molar-refractivity contribution in [3.63, 3.8) is 0 Å². The molecule has 0 atom stereocenters. The molecule has 0 saturated carbocycles. The second-order valence-electron chi connectivity index (χ2n) is 6.00. The number of anilines is 1. The van der Waals surface area contributed by atoms with Gasteiger partial charge in [-0.25, -0.2) is 4.98 Å². The van der Waals surface area contributed by atoms with Crippen LogP contribution in [0.4, 0.5) is 5.13 Å². The zero-order valence-corrected chi connectivity index (χ0v) is 19.2. The van der Waals surface area contributed by atoms with Gasteiger partial charge in [0.05, 0.1) is 18.8 Å². The number of thiazole rings is 1. The number of hydrogen-bond acceptors (Lipinski definition) is 5. The number of benzene rings is 1. The molecule has 144 valence electrons. The van der Waals surface area contributed by atoms with E-state index in [1.54, 1.807) is 18.4 Å². The van der Waals surface area contributed by atoms with Gasteiger partial charge in [0.2, 0.25) is 0 Å². The third kappa shape index (κ3) is 6.99. The Kier molecular flexibility index (Phi) is 9.71. The van der Waals surface area contributed by atoms with Gasteiger partial charge in [0.1, 0.15) is 12.4 Å². The molecule has 1 aromatic heterocycles. The van der Waals surface area contributed by atoms with Crippen LogP contribution in [0, 0.1) is 6.92 Å². The highest BCUT2D eigenvalue weighted by Crippen LogP contribution is 2.17. The molecule has 0 spiro atoms. The highest BCUT2D eigenvalue weighted by Gasteiger charge is 2.08. The van der Waals surface area contributed by atoms with E-state index in [9.17, 15) is 0 Å². The molecule has 0 bridgehead atoms. The van der Waals surface area contributed by atoms with Gasteiger partial charge in [-0.2, -0.15) is 0 Å². The van der Waals surface area contributed by atoms with Crippen molar-refractivity contribution in [2.24, 2.45) is 4.99 Å². The highest BCUT2D eigenvalue weighted by atomic mass is 127. The summed E-state index contributed by atoms with van der Waals surface area (Å²) in [7, 11) is 7.78. The fraction of sp³-hybridized carbons (Fsp3) is 0.444. The molecule has 1 aromatic carbocycles. The van der Waals surface area contributed by atoms with Crippen LogP contribution < -0.4 is 15.0 Å². The summed E-state index contributed by atoms with van der Waals surface area (Å²) >= 11 is 1.64. The van der Waals surface area contributed by atoms with Crippen molar-refractivity contribution in [1.29, 1.82) is 0 Å². The minimum absolute atomic E-state index is 0. The summed E-state index contributed by atoms with van der Waals surface area (Å²) in [5, 5.41) is 6.41. The molecule has 6 nitrogen and oxygen atoms in total. The van der Waals surface area contributed by atoms with Gasteiger partial charge in [-0.1, -0.05) is 17.7 Å². The average Bonchev–Trinajstić information content (AvgIpc) is 3.06. The first-order valence-corrected chi connectivity index (χ1v) is 9.10. The second kappa shape index (κ2) is 11.2. The number of ether oxygens (including phenoxy) is 1. The summed E-state index contributed by atoms with van der Waals surface area (Å²) < 4.78 is 5.78. The lowest BCUT2D eigenvalue weighted by molar-refractivity contribution is 0.281. The zero-order chi connectivity index (χ0) is 18.2. The van der Waals surface area contributed by atoms with Crippen LogP contribution in [-0.2, 0) is 6.54 Å². The van der Waals surface area contributed by atoms with Gasteiger partial charge in [-0.05, 0) is 19.1 Å². The maximum absolute atomic E-state index is 5.78. The Balaban J connectivity index is 0.00000338. The maximum atomic E-state index is 5.78. The summed E-state index contributed by atoms with van der Waals surface area (Å²) in [6, 6.07) is 8.09. The number of guanidine groups is 1. The Morgan fingerprint density at radius 1 is 1.23 bits per heavy atom. The molecule has 0 fully saturated rings. The Morgan fingerprint density at radius 3 is 2.50 bits per heavy atom. The van der Waals surface area contributed by atoms with Crippen LogP contribution in [0.3, 0.4) is 0 Å². The molecule has 8 heteroatoms. The van der Waals surface area contributed by atoms with Gasteiger partial charge >= 0.3 is 0 Å². The number of nitrogens with zero attached hydrogens (tertiary/aromatic N) is 4. The Morgan fingerprint density at radius 2 is 1.92 bits per heavy atom. The van der Waals surface area contributed by atoms with Gasteiger partial charge in [0.25, 0.3) is 0 Å². The van der Waals surface area contributed by atoms with Crippen molar-refractivity contribution in [1.82, 2.24) is 15.2 Å². The van der Waals surface area contributed by atoms with Crippen LogP contribution in [0.25, 0.3) is 0 Å². The molecule has 0 aliphatic heterocycles. The Labute approximate surface area is 177 Å². The molecular formula is C18H28IN5OS. The largest absolute Gasteiger partial charge is 0.492 e. The fourth-order valence-electron chi connectivity index (χ4n) is 2.18. The van der Waals surface area contributed by atoms with Crippen molar-refractivity contribution < 1.29 is 4.74 Å². The zero-order valence-electron chi connectivity index (χ0n) is 16.0. The lowest BCUT2D eigenvalue weighted by atomic mass is 10.2. The lowest BCUT2D eigenvalue weighted by Gasteiger charge is -2.21. The molecule has 1 N–H and O–H groups in total. The van der Waals surface area contributed by atoms with Crippen LogP contribution in [0.15, 0.2) is 34.6 Å². The van der Waals surface area contributed by atoms with Crippen molar-refractivity contribution >= 4 is 46.4 Å². The van der Waals surface area contributed by atoms with E-state index < -0.39 is 0 Å². The lowest BCUT2D eigenvalue weighted by Crippen LogP contribution is -2.40. The van der Waals surface area contributed by atoms with Gasteiger partial charge in [0, 0.05) is 33.6 Å². The van der Waals surface area contributed by atoms with Crippen molar-refractivity contribution in [2.45, 2.75) is 13.5 Å². The van der Waals surface area contributed by atoms with Gasteiger partial charge in [-0.15, -0.1) is 35.3 Å². The summed E-state index contributed by atoms with van der Waals surface area (Å²) in [5.74, 6) is 1.72. The van der Waals surface area contributed by atoms with E-state index in [1.165, 1.54) is 5.56 Å². The van der Waals surface area contributed by atoms with Crippen molar-refractivity contribution in [3.8, 4) is 5.75 Å². The highest BCUT2D eigenvalue weighted by molar-refractivity contribution is 14.0. The predicted octanol–water partition coefficient (Wildman–Crippen LogP) is 3.22. The Bertz CT molecular complexity index is 687. The average molecular weight is 489 g/mol. The minimum Gasteiger partial charge on any atom is -0.492 e. The third-order valence-corrected chi connectivity index (χ3v) is 4.70. The number of likely N-dealkylation sites (N-methyl/N-ethyl adjacent to an activating group) is 1. The van der Waals surface area contributed by atoms with Crippen LogP contribution in [0.2, 0.25) is 0 Å². The molecular weight excluding hydrogens is 461 g/mol. The van der Waals surface area contributed by atoms with Crippen LogP contribution in [0.1, 0.15) is 11.3 Å². The van der Waals surface area contributed by atoms with Crippen LogP contribution >= 0.6 is 35.3 Å². The Hall–Kier alpha value is -1.55. The number of rotatable bonds is 7. The summed E-state index contributed by atoms with van der Waals surface area (Å²) in [6.07, 6.45) is 0. The number of aliphatic imine (C=N–C) groups is 1. The first-order valence-electron chi connectivity index (χ1n) is 8.22. The van der Waals surface area contributed by atoms with E-state index in [1.807, 2.05) is 43.1 Å². The molecule has 0 unspecified atom stereocenters. The summed E-state index contributed by atoms with van der Waals surface area (Å²) in [6.45, 7) is 4.06. The van der Waals surface area contributed by atoms with E-state index in [2.05, 4.69) is 39.7 Å². The standard InChI is InChI=1S/C18H27N5OS.HI/c1-14-6-8-16(9-7-14)24-11-10-23(5)17(19-2)20-12-15-13-25-18(21-15)22(3)4;/h6-9,13H,10-12H2,1-5H3,(H,19,20);1H. The maximum Gasteiger partial charge on any atom is 0.193 e. The number of aryl methyl sites for hydroxylation is 1. The SMILES string of the molecule is CN=C(NCc1csc(N(C)C)n1)N(C)CCOc1ccc(C)cc1.I. The molecule has 26 heavy (non-hydrogen) atoms. The molecule has 0 aliphatic carbocycles. The minimum atomic E-state index is 0. The van der Waals surface area contributed by atoms with E-state index in [-0.39, 0.29) is 24.0 Å². The molecule has 2 aromatic rings. The molecule has 0 amide bonds. The van der Waals surface area contributed by atoms with Crippen molar-refractivity contribution in [3.05, 3.63) is 40.9 Å². The predicted molar refractivity (Wildman–Crippen MR) is 121 cm³/mol. The van der Waals surface area contributed by atoms with Crippen LogP contribution in [0.5, 0.6) is 5.75 Å². The monoisotopic (exact) mass is 489 g/mol. The van der Waals surface area contributed by atoms with E-state index in [0.29, 0.717) is 13.2 Å². The molecule has 0 saturated heterocycles. The first kappa shape index (κ1) is 22.5.